The van der Waals surface area contributed by atoms with E-state index in [-0.39, 0.29) is 22.9 Å². The number of nitriles is 2. The highest BCUT2D eigenvalue weighted by Crippen LogP contribution is 2.67. The molecule has 8 heteroatoms. The summed E-state index contributed by atoms with van der Waals surface area (Å²) in [4.78, 5) is 24.2. The lowest BCUT2D eigenvalue weighted by atomic mass is 9.40. The van der Waals surface area contributed by atoms with Crippen LogP contribution in [0.25, 0.3) is 6.08 Å². The van der Waals surface area contributed by atoms with Crippen molar-refractivity contribution in [2.75, 3.05) is 11.9 Å². The van der Waals surface area contributed by atoms with Gasteiger partial charge in [-0.15, -0.1) is 6.58 Å². The average Bonchev–Trinajstić information content (AvgIpc) is 3.01. The van der Waals surface area contributed by atoms with Crippen molar-refractivity contribution >= 4 is 17.9 Å². The zero-order valence-corrected chi connectivity index (χ0v) is 20.1. The van der Waals surface area contributed by atoms with Gasteiger partial charge in [0, 0.05) is 18.2 Å². The molecule has 1 unspecified atom stereocenters. The van der Waals surface area contributed by atoms with Gasteiger partial charge in [0.1, 0.15) is 11.4 Å². The number of carbonyl (C=O) groups excluding carboxylic acids is 1. The van der Waals surface area contributed by atoms with Crippen LogP contribution in [-0.4, -0.2) is 32.9 Å². The summed E-state index contributed by atoms with van der Waals surface area (Å²) in [6.45, 7) is 9.98. The molecule has 2 heterocycles. The minimum absolute atomic E-state index is 0.181. The van der Waals surface area contributed by atoms with E-state index in [4.69, 9.17) is 15.0 Å². The topological polar surface area (TPSA) is 115 Å². The molecule has 8 nitrogen and oxygen atoms in total. The lowest BCUT2D eigenvalue weighted by Crippen LogP contribution is -2.70. The van der Waals surface area contributed by atoms with Crippen LogP contribution in [-0.2, 0) is 0 Å². The number of hydrogen-bond donors (Lipinski definition) is 1. The Morgan fingerprint density at radius 2 is 1.94 bits per heavy atom. The van der Waals surface area contributed by atoms with Gasteiger partial charge in [0.25, 0.3) is 5.91 Å². The van der Waals surface area contributed by atoms with Gasteiger partial charge in [-0.05, 0) is 74.9 Å². The van der Waals surface area contributed by atoms with E-state index in [1.165, 1.54) is 6.08 Å². The molecule has 0 saturated heterocycles. The maximum Gasteiger partial charge on any atom is 0.273 e. The molecule has 176 valence electrons. The molecule has 3 aliphatic carbocycles. The Labute approximate surface area is 204 Å². The molecule has 1 atom stereocenters. The number of fused-ring (bicyclic) bond motifs is 1. The number of benzene rings is 1. The predicted octanol–water partition coefficient (Wildman–Crippen LogP) is 4.98. The molecular weight excluding hydrogens is 440 g/mol. The number of allylic oxidation sites excluding steroid dienone is 1. The first-order chi connectivity index (χ1) is 16.7. The second-order valence-electron chi connectivity index (χ2n) is 9.91. The second-order valence-corrected chi connectivity index (χ2v) is 9.91. The van der Waals surface area contributed by atoms with E-state index in [1.807, 2.05) is 39.0 Å². The Balaban J connectivity index is 1.54. The van der Waals surface area contributed by atoms with Gasteiger partial charge in [0.2, 0.25) is 11.8 Å². The van der Waals surface area contributed by atoms with E-state index in [9.17, 15) is 10.1 Å². The molecule has 6 rings (SSSR count). The SMILES string of the molecule is C=CCN1C(=O)c2nc(NC34CC(C#N)(C3)C4)nc(Oc3c(C)cc(/C=C/C#N)cc3C)c2C1C. The number of nitrogens with one attached hydrogen (secondary N) is 1. The molecule has 2 aromatic rings. The number of rotatable bonds is 7. The Bertz CT molecular complexity index is 1340. The summed E-state index contributed by atoms with van der Waals surface area (Å²) >= 11 is 0. The molecule has 3 saturated carbocycles. The van der Waals surface area contributed by atoms with Crippen molar-refractivity contribution in [2.45, 2.75) is 51.6 Å². The van der Waals surface area contributed by atoms with E-state index < -0.39 is 0 Å². The third-order valence-electron chi connectivity index (χ3n) is 7.26. The predicted molar refractivity (Wildman–Crippen MR) is 131 cm³/mol. The monoisotopic (exact) mass is 466 g/mol. The van der Waals surface area contributed by atoms with E-state index in [0.717, 1.165) is 36.0 Å². The van der Waals surface area contributed by atoms with Crippen molar-refractivity contribution in [3.8, 4) is 23.8 Å². The average molecular weight is 467 g/mol. The summed E-state index contributed by atoms with van der Waals surface area (Å²) in [5.74, 6) is 1.16. The van der Waals surface area contributed by atoms with E-state index in [0.29, 0.717) is 35.4 Å². The van der Waals surface area contributed by atoms with E-state index >= 15 is 0 Å². The molecule has 0 radical (unpaired) electrons. The van der Waals surface area contributed by atoms with Crippen LogP contribution in [0, 0.1) is 41.9 Å². The van der Waals surface area contributed by atoms with Crippen LogP contribution in [0.1, 0.15) is 65.0 Å². The quantitative estimate of drug-likeness (QED) is 0.452. The van der Waals surface area contributed by atoms with Crippen molar-refractivity contribution in [1.29, 1.82) is 10.5 Å². The molecule has 1 aromatic heterocycles. The Kier molecular flexibility index (Phi) is 5.14. The molecule has 1 aliphatic heterocycles. The van der Waals surface area contributed by atoms with Crippen LogP contribution in [0.4, 0.5) is 5.95 Å². The van der Waals surface area contributed by atoms with Crippen molar-refractivity contribution in [1.82, 2.24) is 14.9 Å². The molecule has 1 N–H and O–H groups in total. The zero-order valence-electron chi connectivity index (χ0n) is 20.1. The summed E-state index contributed by atoms with van der Waals surface area (Å²) in [5, 5.41) is 21.6. The van der Waals surface area contributed by atoms with Gasteiger partial charge in [-0.25, -0.2) is 4.98 Å². The number of ether oxygens (including phenoxy) is 1. The summed E-state index contributed by atoms with van der Waals surface area (Å²) in [6, 6.07) is 8.03. The maximum atomic E-state index is 13.2. The Hall–Kier alpha value is -4.17. The van der Waals surface area contributed by atoms with Crippen molar-refractivity contribution in [3.05, 3.63) is 58.8 Å². The highest BCUT2D eigenvalue weighted by atomic mass is 16.5. The first-order valence-electron chi connectivity index (χ1n) is 11.6. The van der Waals surface area contributed by atoms with Gasteiger partial charge in [-0.3, -0.25) is 4.79 Å². The maximum absolute atomic E-state index is 13.2. The molecule has 0 spiro atoms. The van der Waals surface area contributed by atoms with Crippen LogP contribution >= 0.6 is 0 Å². The first kappa shape index (κ1) is 22.6. The fourth-order valence-corrected chi connectivity index (χ4v) is 5.72. The molecule has 1 aromatic carbocycles. The van der Waals surface area contributed by atoms with Gasteiger partial charge in [-0.2, -0.15) is 15.5 Å². The second kappa shape index (κ2) is 7.95. The molecule has 4 aliphatic rings. The number of aryl methyl sites for hydroxylation is 2. The zero-order chi connectivity index (χ0) is 25.0. The summed E-state index contributed by atoms with van der Waals surface area (Å²) in [7, 11) is 0. The highest BCUT2D eigenvalue weighted by molar-refractivity contribution is 5.98. The van der Waals surface area contributed by atoms with E-state index in [2.05, 4.69) is 22.9 Å². The van der Waals surface area contributed by atoms with Crippen molar-refractivity contribution in [2.24, 2.45) is 5.41 Å². The van der Waals surface area contributed by atoms with Crippen LogP contribution in [0.5, 0.6) is 11.6 Å². The lowest BCUT2D eigenvalue weighted by molar-refractivity contribution is -0.0665. The Morgan fingerprint density at radius 1 is 1.26 bits per heavy atom. The summed E-state index contributed by atoms with van der Waals surface area (Å²) in [5.41, 5.74) is 3.26. The molecule has 1 amide bonds. The van der Waals surface area contributed by atoms with Gasteiger partial charge in [-0.1, -0.05) is 6.08 Å². The van der Waals surface area contributed by atoms with Gasteiger partial charge < -0.3 is 15.0 Å². The van der Waals surface area contributed by atoms with Gasteiger partial charge in [0.05, 0.1) is 29.2 Å². The number of carbonyl (C=O) groups is 1. The van der Waals surface area contributed by atoms with Crippen LogP contribution in [0.15, 0.2) is 30.9 Å². The normalized spacial score (nSPS) is 25.8. The number of anilines is 1. The largest absolute Gasteiger partial charge is 0.438 e. The molecular formula is C27H26N6O2. The van der Waals surface area contributed by atoms with Crippen molar-refractivity contribution in [3.63, 3.8) is 0 Å². The summed E-state index contributed by atoms with van der Waals surface area (Å²) < 4.78 is 6.41. The minimum atomic E-state index is -0.269. The third-order valence-corrected chi connectivity index (χ3v) is 7.26. The molecule has 2 bridgehead atoms. The van der Waals surface area contributed by atoms with Gasteiger partial charge >= 0.3 is 0 Å². The standard InChI is InChI=1S/C27H26N6O2/c1-5-9-33-18(4)20-21(24(33)34)30-25(32-27-12-26(13-27,14-27)15-29)31-23(20)35-22-16(2)10-19(7-6-8-28)11-17(22)3/h5-7,10-11,18H,1,9,12-14H2,2-4H3,(H,30,31,32)/b7-6+. The number of nitrogens with zero attached hydrogens (tertiary/aromatic N) is 5. The number of aromatic nitrogens is 2. The fraction of sp³-hybridized carbons (Fsp3) is 0.370. The van der Waals surface area contributed by atoms with Crippen molar-refractivity contribution < 1.29 is 9.53 Å². The number of hydrogen-bond acceptors (Lipinski definition) is 7. The highest BCUT2D eigenvalue weighted by Gasteiger charge is 2.69. The molecule has 35 heavy (non-hydrogen) atoms. The third kappa shape index (κ3) is 3.54. The molecule has 3 fully saturated rings. The lowest BCUT2D eigenvalue weighted by Gasteiger charge is -2.66. The summed E-state index contributed by atoms with van der Waals surface area (Å²) in [6.07, 6.45) is 7.16. The first-order valence-corrected chi connectivity index (χ1v) is 11.6. The van der Waals surface area contributed by atoms with Crippen LogP contribution < -0.4 is 10.1 Å². The van der Waals surface area contributed by atoms with Crippen LogP contribution in [0.2, 0.25) is 0 Å². The van der Waals surface area contributed by atoms with Gasteiger partial charge in [0.15, 0.2) is 0 Å². The Morgan fingerprint density at radius 3 is 2.54 bits per heavy atom. The van der Waals surface area contributed by atoms with E-state index in [1.54, 1.807) is 17.1 Å². The smallest absolute Gasteiger partial charge is 0.273 e. The fourth-order valence-electron chi connectivity index (χ4n) is 5.72. The minimum Gasteiger partial charge on any atom is -0.438 e. The van der Waals surface area contributed by atoms with Crippen LogP contribution in [0.3, 0.4) is 0 Å². The number of amides is 1.